The summed E-state index contributed by atoms with van der Waals surface area (Å²) in [5, 5.41) is 4.40. The maximum absolute atomic E-state index is 15.0. The summed E-state index contributed by atoms with van der Waals surface area (Å²) in [6.07, 6.45) is 0. The standard InChI is InChI=1S/C42H42N4O2S/c1-43-23-27-45(28-24-43)39-21-19-33(31-11-3-5-13-35(31)39)37-15-7-9-17-41(37)49(47,48)42-18-10-8-16-38(42)34-20-22-40(36-14-6-4-12-32(34)36)46-29-25-44(2)26-30-46/h3-22H,23-30H2,1-2H3. The second-order valence-electron chi connectivity index (χ2n) is 13.4. The second-order valence-corrected chi connectivity index (χ2v) is 15.3. The van der Waals surface area contributed by atoms with Crippen molar-refractivity contribution in [3.63, 3.8) is 0 Å². The van der Waals surface area contributed by atoms with E-state index in [4.69, 9.17) is 0 Å². The minimum absolute atomic E-state index is 0.318. The molecule has 2 saturated heterocycles. The maximum atomic E-state index is 15.0. The number of hydrogen-bond donors (Lipinski definition) is 0. The zero-order valence-corrected chi connectivity index (χ0v) is 29.0. The van der Waals surface area contributed by atoms with Gasteiger partial charge >= 0.3 is 0 Å². The Morgan fingerprint density at radius 2 is 0.735 bits per heavy atom. The molecule has 248 valence electrons. The smallest absolute Gasteiger partial charge is 0.207 e. The van der Waals surface area contributed by atoms with E-state index in [-0.39, 0.29) is 0 Å². The van der Waals surface area contributed by atoms with E-state index in [2.05, 4.69) is 94.4 Å². The molecule has 0 amide bonds. The van der Waals surface area contributed by atoms with Gasteiger partial charge in [0.2, 0.25) is 9.84 Å². The van der Waals surface area contributed by atoms with Crippen LogP contribution in [0.3, 0.4) is 0 Å². The largest absolute Gasteiger partial charge is 0.368 e. The lowest BCUT2D eigenvalue weighted by Crippen LogP contribution is -2.44. The summed E-state index contributed by atoms with van der Waals surface area (Å²) in [6.45, 7) is 7.93. The summed E-state index contributed by atoms with van der Waals surface area (Å²) >= 11 is 0. The van der Waals surface area contributed by atoms with Crippen LogP contribution in [0.15, 0.2) is 131 Å². The van der Waals surface area contributed by atoms with E-state index in [0.717, 1.165) is 85.0 Å². The highest BCUT2D eigenvalue weighted by Gasteiger charge is 2.27. The van der Waals surface area contributed by atoms with Crippen molar-refractivity contribution < 1.29 is 8.42 Å². The van der Waals surface area contributed by atoms with E-state index in [9.17, 15) is 8.42 Å². The summed E-state index contributed by atoms with van der Waals surface area (Å²) in [5.41, 5.74) is 5.68. The third kappa shape index (κ3) is 5.76. The zero-order chi connectivity index (χ0) is 33.5. The van der Waals surface area contributed by atoms with Crippen molar-refractivity contribution in [2.45, 2.75) is 9.79 Å². The molecule has 0 spiro atoms. The van der Waals surface area contributed by atoms with Gasteiger partial charge in [0.25, 0.3) is 0 Å². The molecular formula is C42H42N4O2S. The van der Waals surface area contributed by atoms with E-state index in [0.29, 0.717) is 20.9 Å². The normalized spacial score (nSPS) is 16.4. The first kappa shape index (κ1) is 31.6. The molecule has 0 N–H and O–H groups in total. The van der Waals surface area contributed by atoms with Crippen LogP contribution in [0.4, 0.5) is 11.4 Å². The lowest BCUT2D eigenvalue weighted by molar-refractivity contribution is 0.313. The Balaban J connectivity index is 1.24. The minimum Gasteiger partial charge on any atom is -0.368 e. The van der Waals surface area contributed by atoms with Gasteiger partial charge in [-0.2, -0.15) is 0 Å². The van der Waals surface area contributed by atoms with Gasteiger partial charge in [0.05, 0.1) is 9.79 Å². The first-order valence-corrected chi connectivity index (χ1v) is 18.7. The highest BCUT2D eigenvalue weighted by atomic mass is 32.2. The molecule has 2 aliphatic rings. The van der Waals surface area contributed by atoms with Gasteiger partial charge in [0.1, 0.15) is 0 Å². The number of piperazine rings is 2. The molecular weight excluding hydrogens is 625 g/mol. The summed E-state index contributed by atoms with van der Waals surface area (Å²) in [5.74, 6) is 0. The first-order chi connectivity index (χ1) is 23.9. The van der Waals surface area contributed by atoms with Crippen molar-refractivity contribution in [1.29, 1.82) is 0 Å². The number of likely N-dealkylation sites (N-methyl/N-ethyl adjacent to an activating group) is 2. The molecule has 0 radical (unpaired) electrons. The average Bonchev–Trinajstić information content (AvgIpc) is 3.15. The van der Waals surface area contributed by atoms with Crippen molar-refractivity contribution in [3.05, 3.63) is 121 Å². The Kier molecular flexibility index (Phi) is 8.36. The Morgan fingerprint density at radius 1 is 0.388 bits per heavy atom. The van der Waals surface area contributed by atoms with E-state index >= 15 is 0 Å². The van der Waals surface area contributed by atoms with Crippen LogP contribution in [0, 0.1) is 0 Å². The molecule has 0 bridgehead atoms. The summed E-state index contributed by atoms with van der Waals surface area (Å²) in [6, 6.07) is 40.3. The van der Waals surface area contributed by atoms with Gasteiger partial charge in [-0.25, -0.2) is 8.42 Å². The molecule has 2 fully saturated rings. The highest BCUT2D eigenvalue weighted by Crippen LogP contribution is 2.43. The lowest BCUT2D eigenvalue weighted by Gasteiger charge is -2.35. The van der Waals surface area contributed by atoms with E-state index in [1.54, 1.807) is 12.1 Å². The van der Waals surface area contributed by atoms with E-state index in [1.807, 2.05) is 48.5 Å². The fraction of sp³-hybridized carbons (Fsp3) is 0.238. The highest BCUT2D eigenvalue weighted by molar-refractivity contribution is 7.91. The molecule has 8 rings (SSSR count). The number of hydrogen-bond acceptors (Lipinski definition) is 6. The number of nitrogens with zero attached hydrogens (tertiary/aromatic N) is 4. The summed E-state index contributed by atoms with van der Waals surface area (Å²) in [4.78, 5) is 10.2. The lowest BCUT2D eigenvalue weighted by atomic mass is 9.96. The zero-order valence-electron chi connectivity index (χ0n) is 28.2. The third-order valence-electron chi connectivity index (χ3n) is 10.4. The van der Waals surface area contributed by atoms with Crippen LogP contribution < -0.4 is 9.80 Å². The monoisotopic (exact) mass is 666 g/mol. The molecule has 0 atom stereocenters. The fourth-order valence-corrected chi connectivity index (χ4v) is 9.34. The summed E-state index contributed by atoms with van der Waals surface area (Å²) < 4.78 is 29.9. The van der Waals surface area contributed by atoms with Gasteiger partial charge in [-0.05, 0) is 60.3 Å². The SMILES string of the molecule is CN1CCN(c2ccc(-c3ccccc3S(=O)(=O)c3ccccc3-c3ccc(N4CCN(C)CC4)c4ccccc34)c3ccccc23)CC1. The van der Waals surface area contributed by atoms with Gasteiger partial charge < -0.3 is 19.6 Å². The minimum atomic E-state index is -3.94. The molecule has 7 heteroatoms. The Labute approximate surface area is 289 Å². The molecule has 6 aromatic rings. The molecule has 2 heterocycles. The number of anilines is 2. The molecule has 49 heavy (non-hydrogen) atoms. The fourth-order valence-electron chi connectivity index (χ4n) is 7.65. The predicted molar refractivity (Wildman–Crippen MR) is 204 cm³/mol. The van der Waals surface area contributed by atoms with E-state index in [1.165, 1.54) is 11.4 Å². The van der Waals surface area contributed by atoms with Crippen LogP contribution in [-0.4, -0.2) is 84.7 Å². The number of sulfone groups is 1. The molecule has 6 nitrogen and oxygen atoms in total. The molecule has 0 aromatic heterocycles. The van der Waals surface area contributed by atoms with Crippen molar-refractivity contribution in [2.75, 3.05) is 76.3 Å². The molecule has 0 unspecified atom stereocenters. The van der Waals surface area contributed by atoms with Gasteiger partial charge in [0, 0.05) is 85.6 Å². The van der Waals surface area contributed by atoms with Gasteiger partial charge in [-0.15, -0.1) is 0 Å². The van der Waals surface area contributed by atoms with Crippen LogP contribution in [0.2, 0.25) is 0 Å². The van der Waals surface area contributed by atoms with Crippen LogP contribution in [-0.2, 0) is 9.84 Å². The molecule has 2 aliphatic heterocycles. The van der Waals surface area contributed by atoms with Gasteiger partial charge in [-0.1, -0.05) is 97.1 Å². The van der Waals surface area contributed by atoms with Gasteiger partial charge in [-0.3, -0.25) is 0 Å². The number of benzene rings is 6. The van der Waals surface area contributed by atoms with Crippen molar-refractivity contribution >= 4 is 42.8 Å². The average molecular weight is 667 g/mol. The maximum Gasteiger partial charge on any atom is 0.207 e. The topological polar surface area (TPSA) is 47.1 Å². The quantitative estimate of drug-likeness (QED) is 0.182. The Morgan fingerprint density at radius 3 is 1.14 bits per heavy atom. The van der Waals surface area contributed by atoms with Gasteiger partial charge in [0.15, 0.2) is 0 Å². The Bertz CT molecular complexity index is 2110. The number of fused-ring (bicyclic) bond motifs is 2. The van der Waals surface area contributed by atoms with Crippen molar-refractivity contribution in [2.24, 2.45) is 0 Å². The van der Waals surface area contributed by atoms with Crippen LogP contribution in [0.5, 0.6) is 0 Å². The van der Waals surface area contributed by atoms with E-state index < -0.39 is 9.84 Å². The van der Waals surface area contributed by atoms with Crippen molar-refractivity contribution in [3.8, 4) is 22.3 Å². The molecule has 0 aliphatic carbocycles. The first-order valence-electron chi connectivity index (χ1n) is 17.2. The Hall–Kier alpha value is -4.69. The third-order valence-corrected chi connectivity index (χ3v) is 12.3. The number of rotatable bonds is 6. The van der Waals surface area contributed by atoms with Crippen LogP contribution in [0.1, 0.15) is 0 Å². The second kappa shape index (κ2) is 13.0. The van der Waals surface area contributed by atoms with Crippen LogP contribution in [0.25, 0.3) is 43.8 Å². The predicted octanol–water partition coefficient (Wildman–Crippen LogP) is 7.66. The summed E-state index contributed by atoms with van der Waals surface area (Å²) in [7, 11) is 0.394. The van der Waals surface area contributed by atoms with Crippen molar-refractivity contribution in [1.82, 2.24) is 9.80 Å². The molecule has 0 saturated carbocycles. The van der Waals surface area contributed by atoms with Crippen LogP contribution >= 0.6 is 0 Å². The molecule has 6 aromatic carbocycles.